The van der Waals surface area contributed by atoms with Crippen LogP contribution in [-0.2, 0) is 22.4 Å². The average Bonchev–Trinajstić information content (AvgIpc) is 2.94. The molecule has 2 amide bonds. The lowest BCUT2D eigenvalue weighted by molar-refractivity contribution is -0.118. The highest BCUT2D eigenvalue weighted by Crippen LogP contribution is 2.17. The Bertz CT molecular complexity index is 776. The molecule has 0 bridgehead atoms. The number of pyridine rings is 1. The smallest absolute Gasteiger partial charge is 0.286 e. The first-order valence-electron chi connectivity index (χ1n) is 8.56. The SMILES string of the molecule is C[C@H]1SC(=O)NC1=O.Cc1ccc(OCCc2ccc(CC=O)cn2)cc1. The first kappa shape index (κ1) is 20.6. The van der Waals surface area contributed by atoms with Crippen LogP contribution in [0.4, 0.5) is 4.79 Å². The maximum absolute atomic E-state index is 10.4. The molecule has 2 heterocycles. The predicted molar refractivity (Wildman–Crippen MR) is 105 cm³/mol. The Balaban J connectivity index is 0.000000273. The van der Waals surface area contributed by atoms with Crippen molar-refractivity contribution in [1.29, 1.82) is 0 Å². The summed E-state index contributed by atoms with van der Waals surface area (Å²) in [7, 11) is 0. The maximum Gasteiger partial charge on any atom is 0.286 e. The van der Waals surface area contributed by atoms with Crippen molar-refractivity contribution in [2.75, 3.05) is 6.61 Å². The van der Waals surface area contributed by atoms with Crippen LogP contribution in [0, 0.1) is 6.92 Å². The van der Waals surface area contributed by atoms with E-state index in [0.717, 1.165) is 41.5 Å². The first-order valence-corrected chi connectivity index (χ1v) is 9.44. The van der Waals surface area contributed by atoms with Crippen LogP contribution in [0.3, 0.4) is 0 Å². The molecule has 1 aromatic heterocycles. The number of aromatic nitrogens is 1. The molecule has 2 aromatic rings. The molecular weight excluding hydrogens is 364 g/mol. The topological polar surface area (TPSA) is 85.4 Å². The van der Waals surface area contributed by atoms with Crippen LogP contribution in [0.1, 0.15) is 23.7 Å². The molecule has 0 aliphatic carbocycles. The van der Waals surface area contributed by atoms with Crippen molar-refractivity contribution in [3.63, 3.8) is 0 Å². The van der Waals surface area contributed by atoms with E-state index in [1.165, 1.54) is 5.56 Å². The summed E-state index contributed by atoms with van der Waals surface area (Å²) in [6, 6.07) is 11.9. The normalized spacial score (nSPS) is 15.6. The highest BCUT2D eigenvalue weighted by Gasteiger charge is 2.26. The lowest BCUT2D eigenvalue weighted by atomic mass is 10.2. The second kappa shape index (κ2) is 10.5. The van der Waals surface area contributed by atoms with E-state index >= 15 is 0 Å². The van der Waals surface area contributed by atoms with Crippen molar-refractivity contribution in [1.82, 2.24) is 10.3 Å². The van der Waals surface area contributed by atoms with Crippen molar-refractivity contribution in [2.24, 2.45) is 0 Å². The molecule has 0 radical (unpaired) electrons. The van der Waals surface area contributed by atoms with E-state index in [4.69, 9.17) is 4.74 Å². The molecule has 0 spiro atoms. The monoisotopic (exact) mass is 386 g/mol. The molecule has 1 N–H and O–H groups in total. The number of aldehydes is 1. The van der Waals surface area contributed by atoms with E-state index in [1.807, 2.05) is 36.4 Å². The van der Waals surface area contributed by atoms with E-state index in [0.29, 0.717) is 13.0 Å². The number of hydrogen-bond donors (Lipinski definition) is 1. The zero-order valence-electron chi connectivity index (χ0n) is 15.3. The Hall–Kier alpha value is -2.67. The first-order chi connectivity index (χ1) is 13.0. The standard InChI is InChI=1S/C16H17NO2.C4H5NO2S/c1-13-2-6-16(7-3-13)19-11-9-15-5-4-14(8-10-18)12-17-15;1-2-3(6)5-4(7)8-2/h2-7,10,12H,8-9,11H2,1H3;2H,1H3,(H,5,6,7)/t;2-/m.1/s1. The van der Waals surface area contributed by atoms with Gasteiger partial charge in [0.2, 0.25) is 5.91 Å². The van der Waals surface area contributed by atoms with Crippen molar-refractivity contribution in [2.45, 2.75) is 31.9 Å². The molecule has 1 aliphatic heterocycles. The summed E-state index contributed by atoms with van der Waals surface area (Å²) in [5.74, 6) is 0.697. The van der Waals surface area contributed by atoms with Gasteiger partial charge < -0.3 is 9.53 Å². The third-order valence-electron chi connectivity index (χ3n) is 3.73. The quantitative estimate of drug-likeness (QED) is 0.768. The van der Waals surface area contributed by atoms with Gasteiger partial charge in [0.25, 0.3) is 5.24 Å². The second-order valence-corrected chi connectivity index (χ2v) is 7.29. The Kier molecular flexibility index (Phi) is 8.00. The van der Waals surface area contributed by atoms with Crippen LogP contribution in [-0.4, -0.2) is 34.3 Å². The zero-order valence-corrected chi connectivity index (χ0v) is 16.1. The van der Waals surface area contributed by atoms with E-state index < -0.39 is 0 Å². The molecule has 1 atom stereocenters. The molecule has 142 valence electrons. The van der Waals surface area contributed by atoms with Gasteiger partial charge in [-0.25, -0.2) is 0 Å². The number of nitrogens with one attached hydrogen (secondary N) is 1. The van der Waals surface area contributed by atoms with Gasteiger partial charge in [0.15, 0.2) is 0 Å². The van der Waals surface area contributed by atoms with Crippen LogP contribution in [0.15, 0.2) is 42.6 Å². The average molecular weight is 386 g/mol. The van der Waals surface area contributed by atoms with Crippen LogP contribution in [0.25, 0.3) is 0 Å². The molecule has 1 aromatic carbocycles. The molecule has 0 saturated carbocycles. The molecule has 0 unspecified atom stereocenters. The second-order valence-electron chi connectivity index (χ2n) is 5.98. The molecule has 1 fully saturated rings. The van der Waals surface area contributed by atoms with E-state index in [-0.39, 0.29) is 16.4 Å². The number of rotatable bonds is 6. The summed E-state index contributed by atoms with van der Waals surface area (Å²) < 4.78 is 5.65. The number of benzene rings is 1. The number of carbonyl (C=O) groups is 3. The highest BCUT2D eigenvalue weighted by molar-refractivity contribution is 8.15. The summed E-state index contributed by atoms with van der Waals surface area (Å²) in [5, 5.41) is 1.73. The minimum absolute atomic E-state index is 0.181. The molecule has 1 aliphatic rings. The molecular formula is C20H22N2O4S. The highest BCUT2D eigenvalue weighted by atomic mass is 32.2. The lowest BCUT2D eigenvalue weighted by Gasteiger charge is -2.06. The van der Waals surface area contributed by atoms with Crippen molar-refractivity contribution < 1.29 is 19.1 Å². The number of hydrogen-bond acceptors (Lipinski definition) is 6. The predicted octanol–water partition coefficient (Wildman–Crippen LogP) is 3.11. The third-order valence-corrected chi connectivity index (χ3v) is 4.62. The van der Waals surface area contributed by atoms with Gasteiger partial charge in [-0.05, 0) is 37.6 Å². The van der Waals surface area contributed by atoms with E-state index in [2.05, 4.69) is 17.2 Å². The summed E-state index contributed by atoms with van der Waals surface area (Å²) in [6.45, 7) is 4.35. The number of nitrogens with zero attached hydrogens (tertiary/aromatic N) is 1. The zero-order chi connectivity index (χ0) is 19.6. The Morgan fingerprint density at radius 2 is 1.93 bits per heavy atom. The Morgan fingerprint density at radius 1 is 1.19 bits per heavy atom. The van der Waals surface area contributed by atoms with Crippen molar-refractivity contribution >= 4 is 29.2 Å². The van der Waals surface area contributed by atoms with Crippen LogP contribution in [0.2, 0.25) is 0 Å². The van der Waals surface area contributed by atoms with E-state index in [9.17, 15) is 14.4 Å². The largest absolute Gasteiger partial charge is 0.493 e. The third kappa shape index (κ3) is 7.22. The van der Waals surface area contributed by atoms with E-state index in [1.54, 1.807) is 13.1 Å². The molecule has 27 heavy (non-hydrogen) atoms. The summed E-state index contributed by atoms with van der Waals surface area (Å²) in [5.41, 5.74) is 3.14. The summed E-state index contributed by atoms with van der Waals surface area (Å²) in [4.78, 5) is 35.4. The summed E-state index contributed by atoms with van der Waals surface area (Å²) >= 11 is 1.03. The van der Waals surface area contributed by atoms with Gasteiger partial charge in [-0.1, -0.05) is 35.5 Å². The fraction of sp³-hybridized carbons (Fsp3) is 0.300. The molecule has 6 nitrogen and oxygen atoms in total. The fourth-order valence-corrected chi connectivity index (χ4v) is 2.82. The van der Waals surface area contributed by atoms with Gasteiger partial charge in [0.1, 0.15) is 12.0 Å². The number of carbonyl (C=O) groups excluding carboxylic acids is 3. The van der Waals surface area contributed by atoms with Gasteiger partial charge >= 0.3 is 0 Å². The van der Waals surface area contributed by atoms with Gasteiger partial charge in [-0.2, -0.15) is 0 Å². The van der Waals surface area contributed by atoms with Crippen LogP contribution < -0.4 is 10.1 Å². The molecule has 1 saturated heterocycles. The van der Waals surface area contributed by atoms with Crippen molar-refractivity contribution in [3.8, 4) is 5.75 Å². The maximum atomic E-state index is 10.4. The van der Waals surface area contributed by atoms with Crippen molar-refractivity contribution in [3.05, 3.63) is 59.4 Å². The Morgan fingerprint density at radius 3 is 2.41 bits per heavy atom. The number of thioether (sulfide) groups is 1. The van der Waals surface area contributed by atoms with Crippen LogP contribution in [0.5, 0.6) is 5.75 Å². The summed E-state index contributed by atoms with van der Waals surface area (Å²) in [6.07, 6.45) is 3.81. The van der Waals surface area contributed by atoms with Crippen LogP contribution >= 0.6 is 11.8 Å². The fourth-order valence-electron chi connectivity index (χ4n) is 2.17. The number of imide groups is 1. The minimum atomic E-state index is -0.234. The number of amides is 2. The molecule has 3 rings (SSSR count). The van der Waals surface area contributed by atoms with Gasteiger partial charge in [0, 0.05) is 24.7 Å². The molecule has 7 heteroatoms. The van der Waals surface area contributed by atoms with Gasteiger partial charge in [0.05, 0.1) is 11.9 Å². The Labute approximate surface area is 162 Å². The van der Waals surface area contributed by atoms with Gasteiger partial charge in [-0.15, -0.1) is 0 Å². The van der Waals surface area contributed by atoms with Gasteiger partial charge in [-0.3, -0.25) is 19.9 Å². The number of ether oxygens (including phenoxy) is 1. The lowest BCUT2D eigenvalue weighted by Crippen LogP contribution is -2.22. The minimum Gasteiger partial charge on any atom is -0.493 e. The number of aryl methyl sites for hydroxylation is 1.